The second-order valence-corrected chi connectivity index (χ2v) is 7.61. The van der Waals surface area contributed by atoms with Crippen molar-refractivity contribution in [2.45, 2.75) is 136 Å². The van der Waals surface area contributed by atoms with Gasteiger partial charge in [-0.15, -0.1) is 0 Å². The molecule has 0 bridgehead atoms. The summed E-state index contributed by atoms with van der Waals surface area (Å²) in [5.41, 5.74) is 0. The zero-order valence-corrected chi connectivity index (χ0v) is 21.4. The van der Waals surface area contributed by atoms with Crippen molar-refractivity contribution in [2.24, 2.45) is 0 Å². The standard InChI is InChI=1S/3C8H16O2.Cr/c3*1-2-3-4-5-6-7-8(9)10;/h3*2-7H2,1H3,(H,9,10);/q;;;+3/p-3. The van der Waals surface area contributed by atoms with E-state index in [2.05, 4.69) is 20.8 Å². The van der Waals surface area contributed by atoms with Gasteiger partial charge in [-0.3, -0.25) is 0 Å². The first-order valence-corrected chi connectivity index (χ1v) is 11.9. The molecule has 0 spiro atoms. The predicted molar refractivity (Wildman–Crippen MR) is 115 cm³/mol. The Morgan fingerprint density at radius 2 is 0.613 bits per heavy atom. The predicted octanol–water partition coefficient (Wildman–Crippen LogP) is 3.29. The normalized spacial score (nSPS) is 9.39. The molecule has 0 aliphatic heterocycles. The molecule has 0 heterocycles. The molecule has 6 nitrogen and oxygen atoms in total. The number of carboxylic acids is 3. The Labute approximate surface area is 201 Å². The maximum Gasteiger partial charge on any atom is 3.00 e. The van der Waals surface area contributed by atoms with Crippen LogP contribution in [0.1, 0.15) is 136 Å². The van der Waals surface area contributed by atoms with Crippen LogP contribution in [-0.4, -0.2) is 17.9 Å². The quantitative estimate of drug-likeness (QED) is 0.277. The van der Waals surface area contributed by atoms with E-state index in [4.69, 9.17) is 0 Å². The summed E-state index contributed by atoms with van der Waals surface area (Å²) in [5.74, 6) is -2.76. The molecule has 183 valence electrons. The molecule has 0 aromatic rings. The number of hydrogen-bond donors (Lipinski definition) is 0. The zero-order valence-electron chi connectivity index (χ0n) is 20.1. The molecule has 0 aliphatic carbocycles. The molecule has 0 saturated heterocycles. The van der Waals surface area contributed by atoms with Gasteiger partial charge in [0.2, 0.25) is 0 Å². The Morgan fingerprint density at radius 3 is 0.774 bits per heavy atom. The van der Waals surface area contributed by atoms with Gasteiger partial charge in [0.05, 0.1) is 0 Å². The summed E-state index contributed by atoms with van der Waals surface area (Å²) < 4.78 is 0. The van der Waals surface area contributed by atoms with Crippen LogP contribution < -0.4 is 15.3 Å². The van der Waals surface area contributed by atoms with Crippen molar-refractivity contribution in [3.05, 3.63) is 0 Å². The minimum atomic E-state index is -0.920. The van der Waals surface area contributed by atoms with Gasteiger partial charge >= 0.3 is 17.4 Å². The summed E-state index contributed by atoms with van der Waals surface area (Å²) >= 11 is 0. The third-order valence-corrected chi connectivity index (χ3v) is 4.45. The zero-order chi connectivity index (χ0) is 23.5. The van der Waals surface area contributed by atoms with Gasteiger partial charge in [0, 0.05) is 17.9 Å². The molecule has 1 radical (unpaired) electrons. The van der Waals surface area contributed by atoms with E-state index in [1.807, 2.05) is 0 Å². The molecule has 0 amide bonds. The number of unbranched alkanes of at least 4 members (excludes halogenated alkanes) is 12. The second kappa shape index (κ2) is 33.6. The van der Waals surface area contributed by atoms with Crippen molar-refractivity contribution in [3.63, 3.8) is 0 Å². The van der Waals surface area contributed by atoms with Gasteiger partial charge in [-0.1, -0.05) is 97.8 Å². The van der Waals surface area contributed by atoms with Crippen LogP contribution in [0.15, 0.2) is 0 Å². The first-order valence-electron chi connectivity index (χ1n) is 11.9. The smallest absolute Gasteiger partial charge is 0.550 e. The molecule has 0 aliphatic rings. The number of carbonyl (C=O) groups excluding carboxylic acids is 3. The van der Waals surface area contributed by atoms with Crippen molar-refractivity contribution in [1.82, 2.24) is 0 Å². The van der Waals surface area contributed by atoms with E-state index in [9.17, 15) is 29.7 Å². The Bertz CT molecular complexity index is 331. The molecule has 0 rings (SSSR count). The molecular formula is C24H45CrO6. The Kier molecular flexibility index (Phi) is 40.4. The van der Waals surface area contributed by atoms with Crippen LogP contribution in [-0.2, 0) is 31.7 Å². The third kappa shape index (κ3) is 52.8. The largest absolute Gasteiger partial charge is 3.00 e. The molecule has 31 heavy (non-hydrogen) atoms. The maximum absolute atomic E-state index is 9.92. The van der Waals surface area contributed by atoms with Gasteiger partial charge in [0.1, 0.15) is 0 Å². The Hall–Kier alpha value is -1.06. The molecule has 0 atom stereocenters. The fourth-order valence-electron chi connectivity index (χ4n) is 2.62. The van der Waals surface area contributed by atoms with E-state index in [0.29, 0.717) is 0 Å². The van der Waals surface area contributed by atoms with E-state index < -0.39 is 17.9 Å². The van der Waals surface area contributed by atoms with Crippen LogP contribution in [0, 0.1) is 0 Å². The number of carboxylic acid groups (broad SMARTS) is 3. The van der Waals surface area contributed by atoms with Gasteiger partial charge < -0.3 is 29.7 Å². The Morgan fingerprint density at radius 1 is 0.419 bits per heavy atom. The van der Waals surface area contributed by atoms with Crippen molar-refractivity contribution in [3.8, 4) is 0 Å². The van der Waals surface area contributed by atoms with Crippen LogP contribution in [0.3, 0.4) is 0 Å². The molecule has 0 saturated carbocycles. The molecule has 0 fully saturated rings. The van der Waals surface area contributed by atoms with E-state index >= 15 is 0 Å². The molecule has 7 heteroatoms. The molecule has 0 aromatic carbocycles. The van der Waals surface area contributed by atoms with E-state index in [1.165, 1.54) is 38.5 Å². The van der Waals surface area contributed by atoms with Crippen molar-refractivity contribution in [2.75, 3.05) is 0 Å². The summed E-state index contributed by atoms with van der Waals surface area (Å²) in [7, 11) is 0. The van der Waals surface area contributed by atoms with Gasteiger partial charge in [0.15, 0.2) is 0 Å². The summed E-state index contributed by atoms with van der Waals surface area (Å²) in [5, 5.41) is 29.8. The van der Waals surface area contributed by atoms with Crippen molar-refractivity contribution in [1.29, 1.82) is 0 Å². The first kappa shape index (κ1) is 37.3. The number of rotatable bonds is 18. The Balaban J connectivity index is -0.000000174. The fraction of sp³-hybridized carbons (Fsp3) is 0.875. The van der Waals surface area contributed by atoms with Crippen molar-refractivity contribution < 1.29 is 47.1 Å². The fourth-order valence-corrected chi connectivity index (χ4v) is 2.62. The van der Waals surface area contributed by atoms with E-state index in [0.717, 1.165) is 57.8 Å². The maximum atomic E-state index is 9.92. The molecular weight excluding hydrogens is 436 g/mol. The monoisotopic (exact) mass is 481 g/mol. The molecule has 0 aromatic heterocycles. The molecule has 0 unspecified atom stereocenters. The number of aliphatic carboxylic acids is 3. The van der Waals surface area contributed by atoms with Gasteiger partial charge in [-0.2, -0.15) is 0 Å². The minimum Gasteiger partial charge on any atom is -0.550 e. The van der Waals surface area contributed by atoms with Crippen LogP contribution in [0.25, 0.3) is 0 Å². The van der Waals surface area contributed by atoms with Gasteiger partial charge in [-0.25, -0.2) is 0 Å². The van der Waals surface area contributed by atoms with Crippen LogP contribution in [0.5, 0.6) is 0 Å². The van der Waals surface area contributed by atoms with Gasteiger partial charge in [-0.05, 0) is 38.5 Å². The topological polar surface area (TPSA) is 120 Å². The SMILES string of the molecule is CCCCCCCC(=O)[O-].CCCCCCCC(=O)[O-].CCCCCCCC(=O)[O-].[Cr+3]. The van der Waals surface area contributed by atoms with Crippen LogP contribution in [0.2, 0.25) is 0 Å². The van der Waals surface area contributed by atoms with Crippen LogP contribution in [0.4, 0.5) is 0 Å². The van der Waals surface area contributed by atoms with E-state index in [-0.39, 0.29) is 36.6 Å². The summed E-state index contributed by atoms with van der Waals surface area (Å²) in [4.78, 5) is 29.8. The summed E-state index contributed by atoms with van der Waals surface area (Å²) in [6, 6.07) is 0. The summed E-state index contributed by atoms with van der Waals surface area (Å²) in [6.07, 6.45) is 16.8. The molecule has 0 N–H and O–H groups in total. The average molecular weight is 482 g/mol. The van der Waals surface area contributed by atoms with Gasteiger partial charge in [0.25, 0.3) is 0 Å². The first-order chi connectivity index (χ1) is 14.3. The van der Waals surface area contributed by atoms with Crippen LogP contribution >= 0.6 is 0 Å². The minimum absolute atomic E-state index is 0. The third-order valence-electron chi connectivity index (χ3n) is 4.45. The second-order valence-electron chi connectivity index (χ2n) is 7.61. The average Bonchev–Trinajstić information content (AvgIpc) is 2.68. The number of carbonyl (C=O) groups is 3. The van der Waals surface area contributed by atoms with Crippen molar-refractivity contribution >= 4 is 17.9 Å². The van der Waals surface area contributed by atoms with E-state index in [1.54, 1.807) is 0 Å². The number of hydrogen-bond acceptors (Lipinski definition) is 6. The summed E-state index contributed by atoms with van der Waals surface area (Å²) in [6.45, 7) is 6.41.